The summed E-state index contributed by atoms with van der Waals surface area (Å²) < 4.78 is 7.33. The minimum absolute atomic E-state index is 0.0907. The fraction of sp³-hybridized carbons (Fsp3) is 0.294. The van der Waals surface area contributed by atoms with Crippen molar-refractivity contribution in [2.75, 3.05) is 0 Å². The van der Waals surface area contributed by atoms with Crippen molar-refractivity contribution >= 4 is 34.2 Å². The van der Waals surface area contributed by atoms with Gasteiger partial charge in [-0.3, -0.25) is 0 Å². The second-order valence-corrected chi connectivity index (χ2v) is 7.22. The van der Waals surface area contributed by atoms with Crippen molar-refractivity contribution in [3.05, 3.63) is 57.9 Å². The zero-order valence-corrected chi connectivity index (χ0v) is 15.7. The van der Waals surface area contributed by atoms with Gasteiger partial charge in [0.15, 0.2) is 6.23 Å². The highest BCUT2D eigenvalue weighted by atomic mass is 35.5. The summed E-state index contributed by atoms with van der Waals surface area (Å²) in [5.41, 5.74) is 0.942. The molecule has 5 atom stereocenters. The average molecular weight is 427 g/mol. The number of aliphatic hydroxyl groups excluding tert-OH is 3. The Kier molecular flexibility index (Phi) is 5.04. The molecule has 1 aliphatic heterocycles. The van der Waals surface area contributed by atoms with Gasteiger partial charge in [0.1, 0.15) is 30.1 Å². The molecule has 3 heterocycles. The Morgan fingerprint density at radius 1 is 1.18 bits per heavy atom. The monoisotopic (exact) mass is 426 g/mol. The van der Waals surface area contributed by atoms with Gasteiger partial charge in [-0.25, -0.2) is 4.98 Å². The summed E-state index contributed by atoms with van der Waals surface area (Å²) in [7, 11) is 0. The van der Waals surface area contributed by atoms with E-state index in [0.717, 1.165) is 0 Å². The molecule has 28 heavy (non-hydrogen) atoms. The first kappa shape index (κ1) is 19.2. The van der Waals surface area contributed by atoms with Crippen LogP contribution in [0.5, 0.6) is 0 Å². The minimum Gasteiger partial charge on any atom is -0.409 e. The van der Waals surface area contributed by atoms with E-state index >= 15 is 0 Å². The van der Waals surface area contributed by atoms with Crippen LogP contribution >= 0.6 is 23.2 Å². The third-order valence-electron chi connectivity index (χ3n) is 4.78. The number of halogens is 2. The number of benzene rings is 1. The van der Waals surface area contributed by atoms with Crippen LogP contribution in [0.4, 0.5) is 0 Å². The highest BCUT2D eigenvalue weighted by Crippen LogP contribution is 2.38. The second kappa shape index (κ2) is 7.36. The van der Waals surface area contributed by atoms with E-state index in [2.05, 4.69) is 15.1 Å². The minimum atomic E-state index is -1.37. The van der Waals surface area contributed by atoms with E-state index in [-0.39, 0.29) is 10.5 Å². The molecule has 9 nitrogen and oxygen atoms in total. The molecule has 5 N–H and O–H groups in total. The van der Waals surface area contributed by atoms with Gasteiger partial charge >= 0.3 is 0 Å². The largest absolute Gasteiger partial charge is 0.409 e. The summed E-state index contributed by atoms with van der Waals surface area (Å²) in [5, 5.41) is 44.9. The van der Waals surface area contributed by atoms with Crippen LogP contribution in [0.15, 0.2) is 41.9 Å². The Morgan fingerprint density at radius 3 is 2.68 bits per heavy atom. The predicted octanol–water partition coefficient (Wildman–Crippen LogP) is 1.31. The second-order valence-electron chi connectivity index (χ2n) is 6.40. The molecule has 4 rings (SSSR count). The van der Waals surface area contributed by atoms with E-state index in [9.17, 15) is 15.3 Å². The summed E-state index contributed by atoms with van der Waals surface area (Å²) in [5.74, 6) is 0. The SMILES string of the molecule is ON=c1nc[nH]c2c1ccn2[C@@H]1O[C@H](C(O)c2ccc(Cl)c(Cl)c2)[C@@H](O)[C@H]1O. The molecule has 1 fully saturated rings. The lowest BCUT2D eigenvalue weighted by Gasteiger charge is -2.21. The standard InChI is InChI=1S/C17H16Cl2N4O5/c18-9-2-1-7(5-10(9)19)11(24)14-12(25)13(26)17(28-14)23-4-3-8-15(22-27)20-6-21-16(8)23/h1-6,11-14,17,24-27H,(H,20,21,22)/t11?,12-,13+,14+,17+/m0/s1. The van der Waals surface area contributed by atoms with E-state index in [0.29, 0.717) is 21.6 Å². The Bertz CT molecular complexity index is 1080. The number of aromatic amines is 1. The quantitative estimate of drug-likeness (QED) is 0.316. The fourth-order valence-electron chi connectivity index (χ4n) is 3.36. The van der Waals surface area contributed by atoms with E-state index in [1.54, 1.807) is 18.3 Å². The highest BCUT2D eigenvalue weighted by Gasteiger charge is 2.47. The number of nitrogens with zero attached hydrogens (tertiary/aromatic N) is 3. The molecule has 148 valence electrons. The molecule has 0 saturated carbocycles. The van der Waals surface area contributed by atoms with Gasteiger partial charge in [0.2, 0.25) is 5.49 Å². The van der Waals surface area contributed by atoms with Gasteiger partial charge in [-0.2, -0.15) is 0 Å². The van der Waals surface area contributed by atoms with Gasteiger partial charge in [0.25, 0.3) is 0 Å². The molecule has 2 aromatic heterocycles. The van der Waals surface area contributed by atoms with Crippen molar-refractivity contribution < 1.29 is 25.3 Å². The van der Waals surface area contributed by atoms with E-state index in [1.807, 2.05) is 0 Å². The lowest BCUT2D eigenvalue weighted by Crippen LogP contribution is -2.34. The zero-order valence-electron chi connectivity index (χ0n) is 14.1. The highest BCUT2D eigenvalue weighted by molar-refractivity contribution is 6.42. The predicted molar refractivity (Wildman–Crippen MR) is 98.8 cm³/mol. The molecule has 0 radical (unpaired) electrons. The number of ether oxygens (including phenoxy) is 1. The summed E-state index contributed by atoms with van der Waals surface area (Å²) in [4.78, 5) is 6.79. The van der Waals surface area contributed by atoms with Gasteiger partial charge in [0.05, 0.1) is 21.8 Å². The molecule has 3 aromatic rings. The van der Waals surface area contributed by atoms with Crippen LogP contribution in [-0.4, -0.2) is 53.4 Å². The fourth-order valence-corrected chi connectivity index (χ4v) is 3.66. The first-order valence-corrected chi connectivity index (χ1v) is 9.05. The van der Waals surface area contributed by atoms with Crippen molar-refractivity contribution in [3.63, 3.8) is 0 Å². The molecule has 0 spiro atoms. The third kappa shape index (κ3) is 3.06. The smallest absolute Gasteiger partial charge is 0.203 e. The number of fused-ring (bicyclic) bond motifs is 1. The van der Waals surface area contributed by atoms with Crippen molar-refractivity contribution in [1.82, 2.24) is 14.5 Å². The number of nitrogens with one attached hydrogen (secondary N) is 1. The maximum atomic E-state index is 10.7. The first-order valence-electron chi connectivity index (χ1n) is 8.29. The van der Waals surface area contributed by atoms with Crippen LogP contribution in [0.2, 0.25) is 10.0 Å². The summed E-state index contributed by atoms with van der Waals surface area (Å²) >= 11 is 11.9. The van der Waals surface area contributed by atoms with Gasteiger partial charge in [0, 0.05) is 6.20 Å². The molecule has 1 aliphatic rings. The number of aliphatic hydroxyl groups is 3. The van der Waals surface area contributed by atoms with Crippen LogP contribution in [0.1, 0.15) is 17.9 Å². The molecule has 0 amide bonds. The average Bonchev–Trinajstić information content (AvgIpc) is 3.25. The van der Waals surface area contributed by atoms with Crippen molar-refractivity contribution in [2.45, 2.75) is 30.6 Å². The molecule has 0 bridgehead atoms. The number of rotatable bonds is 3. The summed E-state index contributed by atoms with van der Waals surface area (Å²) in [6, 6.07) is 6.19. The molecule has 11 heteroatoms. The number of hydrogen-bond acceptors (Lipinski definition) is 7. The van der Waals surface area contributed by atoms with Crippen LogP contribution in [-0.2, 0) is 4.74 Å². The Hall–Kier alpha value is -2.14. The van der Waals surface area contributed by atoms with Crippen LogP contribution < -0.4 is 5.49 Å². The molecular weight excluding hydrogens is 411 g/mol. The van der Waals surface area contributed by atoms with Crippen LogP contribution in [0.25, 0.3) is 11.0 Å². The lowest BCUT2D eigenvalue weighted by molar-refractivity contribution is -0.0848. The molecule has 0 aliphatic carbocycles. The van der Waals surface area contributed by atoms with E-state index < -0.39 is 30.6 Å². The van der Waals surface area contributed by atoms with Crippen LogP contribution in [0, 0.1) is 0 Å². The maximum absolute atomic E-state index is 10.7. The Labute approximate surface area is 168 Å². The molecule has 1 unspecified atom stereocenters. The van der Waals surface area contributed by atoms with Crippen molar-refractivity contribution in [1.29, 1.82) is 0 Å². The summed E-state index contributed by atoms with van der Waals surface area (Å²) in [6.07, 6.45) is -3.14. The van der Waals surface area contributed by atoms with E-state index in [1.165, 1.54) is 23.0 Å². The van der Waals surface area contributed by atoms with Gasteiger partial charge in [-0.15, -0.1) is 0 Å². The lowest BCUT2D eigenvalue weighted by atomic mass is 9.99. The Morgan fingerprint density at radius 2 is 1.96 bits per heavy atom. The number of aromatic nitrogens is 3. The van der Waals surface area contributed by atoms with Crippen LogP contribution in [0.3, 0.4) is 0 Å². The Balaban J connectivity index is 1.67. The molecule has 1 aromatic carbocycles. The zero-order chi connectivity index (χ0) is 20.0. The van der Waals surface area contributed by atoms with E-state index in [4.69, 9.17) is 33.1 Å². The number of hydrogen-bond donors (Lipinski definition) is 5. The van der Waals surface area contributed by atoms with Gasteiger partial charge in [-0.05, 0) is 23.8 Å². The first-order chi connectivity index (χ1) is 13.4. The summed E-state index contributed by atoms with van der Waals surface area (Å²) in [6.45, 7) is 0. The molecule has 1 saturated heterocycles. The van der Waals surface area contributed by atoms with Crippen molar-refractivity contribution in [3.8, 4) is 0 Å². The molecular formula is C17H16Cl2N4O5. The van der Waals surface area contributed by atoms with Crippen molar-refractivity contribution in [2.24, 2.45) is 5.16 Å². The third-order valence-corrected chi connectivity index (χ3v) is 5.52. The normalized spacial score (nSPS) is 26.8. The van der Waals surface area contributed by atoms with Gasteiger partial charge < -0.3 is 34.8 Å². The topological polar surface area (TPSA) is 136 Å². The number of H-pyrrole nitrogens is 1. The maximum Gasteiger partial charge on any atom is 0.203 e. The van der Waals surface area contributed by atoms with Gasteiger partial charge in [-0.1, -0.05) is 34.4 Å².